The van der Waals surface area contributed by atoms with E-state index in [-0.39, 0.29) is 0 Å². The minimum Gasteiger partial charge on any atom is -0.418 e. The molecule has 0 amide bonds. The topological polar surface area (TPSA) is 9.23 Å². The second-order valence-corrected chi connectivity index (χ2v) is 22.4. The van der Waals surface area contributed by atoms with Gasteiger partial charge >= 0.3 is 46.5 Å². The van der Waals surface area contributed by atoms with Crippen LogP contribution in [0.25, 0.3) is 32.3 Å². The van der Waals surface area contributed by atoms with Crippen LogP contribution in [0.1, 0.15) is 12.5 Å². The van der Waals surface area contributed by atoms with Crippen molar-refractivity contribution in [1.82, 2.24) is 0 Å². The van der Waals surface area contributed by atoms with Crippen molar-refractivity contribution in [3.8, 4) is 0 Å². The molecule has 5 aromatic carbocycles. The molecule has 34 heavy (non-hydrogen) atoms. The Labute approximate surface area is 219 Å². The Balaban J connectivity index is 0.000000162. The maximum Gasteiger partial charge on any atom is 0.183 e. The van der Waals surface area contributed by atoms with Crippen LogP contribution < -0.4 is 0 Å². The van der Waals surface area contributed by atoms with Crippen molar-refractivity contribution < 1.29 is 23.3 Å². The van der Waals surface area contributed by atoms with Gasteiger partial charge in [0.25, 0.3) is 0 Å². The fraction of sp³-hybridized carbons (Fsp3) is 0.207. The van der Waals surface area contributed by atoms with Gasteiger partial charge in [0.1, 0.15) is 0 Å². The van der Waals surface area contributed by atoms with Gasteiger partial charge in [0, 0.05) is 6.61 Å². The minimum absolute atomic E-state index is 0.851. The first-order chi connectivity index (χ1) is 16.3. The normalized spacial score (nSPS) is 11.0. The second-order valence-electron chi connectivity index (χ2n) is 9.05. The average molecular weight is 587 g/mol. The molecular formula is C29H32Cl2OSiZr-2. The van der Waals surface area contributed by atoms with E-state index in [4.69, 9.17) is 21.5 Å². The van der Waals surface area contributed by atoms with Crippen molar-refractivity contribution in [3.05, 3.63) is 96.6 Å². The van der Waals surface area contributed by atoms with Gasteiger partial charge in [-0.25, -0.2) is 0 Å². The molecule has 0 atom stereocenters. The predicted octanol–water partition coefficient (Wildman–Crippen LogP) is 9.40. The first-order valence-electron chi connectivity index (χ1n) is 11.6. The van der Waals surface area contributed by atoms with Gasteiger partial charge < -0.3 is 4.43 Å². The van der Waals surface area contributed by atoms with Gasteiger partial charge in [-0.3, -0.25) is 0 Å². The van der Waals surface area contributed by atoms with Crippen molar-refractivity contribution in [2.24, 2.45) is 0 Å². The Morgan fingerprint density at radius 1 is 0.794 bits per heavy atom. The molecule has 0 bridgehead atoms. The van der Waals surface area contributed by atoms with Crippen LogP contribution in [0.15, 0.2) is 91.0 Å². The fourth-order valence-corrected chi connectivity index (χ4v) is 4.52. The summed E-state index contributed by atoms with van der Waals surface area (Å²) < 4.78 is 7.78. The minimum atomic E-state index is -1.76. The summed E-state index contributed by atoms with van der Waals surface area (Å²) in [5.74, 6) is 0. The molecule has 5 aromatic rings. The molecule has 0 unspecified atom stereocenters. The van der Waals surface area contributed by atoms with E-state index in [0.717, 1.165) is 13.0 Å². The van der Waals surface area contributed by atoms with E-state index in [1.54, 1.807) is 0 Å². The molecule has 178 valence electrons. The van der Waals surface area contributed by atoms with Crippen LogP contribution in [0, 0.1) is 0 Å². The third-order valence-corrected chi connectivity index (χ3v) is 10.1. The van der Waals surface area contributed by atoms with E-state index in [0.29, 0.717) is 0 Å². The molecule has 0 radical (unpaired) electrons. The van der Waals surface area contributed by atoms with E-state index in [1.807, 2.05) is 10.6 Å². The van der Waals surface area contributed by atoms with Crippen LogP contribution in [-0.4, -0.2) is 18.6 Å². The third kappa shape index (κ3) is 8.11. The van der Waals surface area contributed by atoms with Crippen LogP contribution in [0.2, 0.25) is 19.6 Å². The van der Waals surface area contributed by atoms with Gasteiger partial charge in [-0.05, 0) is 26.1 Å². The summed E-state index contributed by atoms with van der Waals surface area (Å²) in [5.41, 5.74) is 1.41. The maximum absolute atomic E-state index is 5.89. The molecule has 0 spiro atoms. The zero-order valence-electron chi connectivity index (χ0n) is 20.3. The Kier molecular flexibility index (Phi) is 10.5. The molecule has 0 heterocycles. The van der Waals surface area contributed by atoms with Gasteiger partial charge in [-0.2, -0.15) is 5.56 Å². The van der Waals surface area contributed by atoms with Gasteiger partial charge in [-0.15, -0.1) is 80.8 Å². The van der Waals surface area contributed by atoms with Gasteiger partial charge in [0.15, 0.2) is 8.32 Å². The van der Waals surface area contributed by atoms with E-state index in [2.05, 4.69) is 111 Å². The molecule has 1 nitrogen and oxygen atoms in total. The zero-order valence-corrected chi connectivity index (χ0v) is 25.3. The summed E-state index contributed by atoms with van der Waals surface area (Å²) in [6.45, 7) is 9.45. The number of rotatable bonds is 4. The number of hydrogen-bond acceptors (Lipinski definition) is 1. The van der Waals surface area contributed by atoms with Gasteiger partial charge in [-0.1, -0.05) is 42.5 Å². The third-order valence-electron chi connectivity index (χ3n) is 5.42. The van der Waals surface area contributed by atoms with Crippen LogP contribution in [0.4, 0.5) is 0 Å². The molecule has 5 rings (SSSR count). The molecule has 0 aliphatic rings. The molecule has 0 fully saturated rings. The van der Waals surface area contributed by atoms with E-state index < -0.39 is 27.2 Å². The van der Waals surface area contributed by atoms with Crippen molar-refractivity contribution >= 4 is 61.4 Å². The molecule has 0 aliphatic carbocycles. The Morgan fingerprint density at radius 3 is 1.76 bits per heavy atom. The van der Waals surface area contributed by atoms with Crippen molar-refractivity contribution in [3.63, 3.8) is 0 Å². The van der Waals surface area contributed by atoms with Crippen molar-refractivity contribution in [1.29, 1.82) is 0 Å². The molecule has 0 aromatic heterocycles. The molecule has 0 aliphatic heterocycles. The molecule has 5 heteroatoms. The van der Waals surface area contributed by atoms with Crippen LogP contribution >= 0.6 is 17.0 Å². The Morgan fingerprint density at radius 2 is 1.26 bits per heavy atom. The summed E-state index contributed by atoms with van der Waals surface area (Å²) in [6.07, 6.45) is 1.03. The number of hydrogen-bond donors (Lipinski definition) is 0. The first-order valence-corrected chi connectivity index (χ1v) is 22.7. The van der Waals surface area contributed by atoms with Crippen LogP contribution in [0.5, 0.6) is 0 Å². The zero-order chi connectivity index (χ0) is 24.6. The first kappa shape index (κ1) is 27.2. The predicted molar refractivity (Wildman–Crippen MR) is 153 cm³/mol. The smallest absolute Gasteiger partial charge is 0.183 e. The van der Waals surface area contributed by atoms with E-state index in [9.17, 15) is 0 Å². The van der Waals surface area contributed by atoms with Crippen LogP contribution in [0.3, 0.4) is 0 Å². The number of halogens is 2. The second kappa shape index (κ2) is 13.1. The quantitative estimate of drug-likeness (QED) is 0.151. The summed E-state index contributed by atoms with van der Waals surface area (Å²) in [7, 11) is 9.38. The molecule has 0 saturated carbocycles. The summed E-state index contributed by atoms with van der Waals surface area (Å²) in [5, 5.41) is 8.11. The fourth-order valence-electron chi connectivity index (χ4n) is 3.80. The summed E-state index contributed by atoms with van der Waals surface area (Å²) in [4.78, 5) is 0. The average Bonchev–Trinajstić information content (AvgIpc) is 3.41. The Bertz CT molecular complexity index is 1310. The monoisotopic (exact) mass is 584 g/mol. The van der Waals surface area contributed by atoms with Gasteiger partial charge in [0.2, 0.25) is 0 Å². The SMILES string of the molecule is C[CH]=[Zr]([Cl])[Cl].C[Si](C)(C)OCCc1c[cH-]c2ccccc12.c1ccc2c(c1)[cH-]c1ccccc12. The molecule has 0 saturated heterocycles. The summed E-state index contributed by atoms with van der Waals surface area (Å²) >= 11 is -1.76. The van der Waals surface area contributed by atoms with Crippen LogP contribution in [-0.2, 0) is 29.7 Å². The standard InChI is InChI=1S/C14H19OSi.C13H9.C2H4.2ClH.Zr/c1-16(2,3)15-11-10-13-9-8-12-6-4-5-7-14(12)13;1-3-7-12-10(5-1)9-11-6-2-4-8-13(11)12;1-2;;;/h4-9H,10-11H2,1-3H3;1-9H;1H,2H3;2*1H;/q2*-1;;;;+2/p-2. The van der Waals surface area contributed by atoms with Crippen molar-refractivity contribution in [2.75, 3.05) is 6.61 Å². The van der Waals surface area contributed by atoms with E-state index >= 15 is 0 Å². The van der Waals surface area contributed by atoms with Gasteiger partial charge in [0.05, 0.1) is 0 Å². The largest absolute Gasteiger partial charge is 0.418 e. The summed E-state index contributed by atoms with van der Waals surface area (Å²) in [6, 6.07) is 32.2. The molecule has 0 N–H and O–H groups in total. The Hall–Kier alpha value is -1.35. The molecular weight excluding hydrogens is 555 g/mol. The number of benzene rings is 3. The van der Waals surface area contributed by atoms with E-state index in [1.165, 1.54) is 37.9 Å². The maximum atomic E-state index is 5.89. The van der Waals surface area contributed by atoms with Crippen molar-refractivity contribution in [2.45, 2.75) is 33.0 Å². The number of fused-ring (bicyclic) bond motifs is 4.